The van der Waals surface area contributed by atoms with Crippen LogP contribution in [0.25, 0.3) is 0 Å². The molecule has 3 unspecified atom stereocenters. The second kappa shape index (κ2) is 5.00. The summed E-state index contributed by atoms with van der Waals surface area (Å²) in [5, 5.41) is 3.41. The smallest absolute Gasteiger partial charge is 0.387 e. The highest BCUT2D eigenvalue weighted by atomic mass is 19.3. The third kappa shape index (κ3) is 3.16. The van der Waals surface area contributed by atoms with E-state index in [4.69, 9.17) is 0 Å². The zero-order valence-electron chi connectivity index (χ0n) is 9.99. The highest BCUT2D eigenvalue weighted by Crippen LogP contribution is 2.33. The van der Waals surface area contributed by atoms with Crippen molar-refractivity contribution in [2.45, 2.75) is 39.0 Å². The molecule has 1 aliphatic carbocycles. The first-order valence-corrected chi connectivity index (χ1v) is 5.87. The Morgan fingerprint density at radius 1 is 1.35 bits per heavy atom. The number of hydrogen-bond donors (Lipinski definition) is 1. The fraction of sp³-hybridized carbons (Fsp3) is 0.538. The van der Waals surface area contributed by atoms with Crippen LogP contribution in [-0.2, 0) is 0 Å². The van der Waals surface area contributed by atoms with Gasteiger partial charge in [-0.2, -0.15) is 8.78 Å². The van der Waals surface area contributed by atoms with Crippen molar-refractivity contribution in [3.05, 3.63) is 29.8 Å². The summed E-state index contributed by atoms with van der Waals surface area (Å²) in [6.45, 7) is 1.37. The van der Waals surface area contributed by atoms with E-state index in [-0.39, 0.29) is 11.8 Å². The number of nitrogens with one attached hydrogen (secondary N) is 1. The number of ether oxygens (including phenoxy) is 1. The van der Waals surface area contributed by atoms with Crippen molar-refractivity contribution in [2.75, 3.05) is 0 Å². The quantitative estimate of drug-likeness (QED) is 0.853. The van der Waals surface area contributed by atoms with Crippen LogP contribution in [0, 0.1) is 5.92 Å². The van der Waals surface area contributed by atoms with Crippen LogP contribution in [0.4, 0.5) is 8.78 Å². The van der Waals surface area contributed by atoms with Gasteiger partial charge in [0.15, 0.2) is 0 Å². The topological polar surface area (TPSA) is 21.3 Å². The Bertz CT molecular complexity index is 383. The average Bonchev–Trinajstić information content (AvgIpc) is 2.94. The summed E-state index contributed by atoms with van der Waals surface area (Å²) in [7, 11) is 0. The molecule has 4 heteroatoms. The van der Waals surface area contributed by atoms with Crippen LogP contribution < -0.4 is 10.1 Å². The zero-order valence-corrected chi connectivity index (χ0v) is 9.99. The summed E-state index contributed by atoms with van der Waals surface area (Å²) in [6.07, 6.45) is 1.15. The average molecular weight is 241 g/mol. The van der Waals surface area contributed by atoms with Crippen molar-refractivity contribution < 1.29 is 13.5 Å². The second-order valence-corrected chi connectivity index (χ2v) is 4.62. The molecule has 0 bridgehead atoms. The van der Waals surface area contributed by atoms with E-state index in [0.717, 1.165) is 12.0 Å². The number of alkyl halides is 2. The highest BCUT2D eigenvalue weighted by Gasteiger charge is 2.33. The zero-order chi connectivity index (χ0) is 12.4. The van der Waals surface area contributed by atoms with Crippen LogP contribution in [-0.4, -0.2) is 12.7 Å². The third-order valence-electron chi connectivity index (χ3n) is 3.18. The van der Waals surface area contributed by atoms with Gasteiger partial charge in [0.05, 0.1) is 0 Å². The maximum atomic E-state index is 12.3. The molecule has 3 atom stereocenters. The molecular weight excluding hydrogens is 224 g/mol. The molecule has 2 nitrogen and oxygen atoms in total. The molecule has 0 radical (unpaired) electrons. The lowest BCUT2D eigenvalue weighted by atomic mass is 10.1. The lowest BCUT2D eigenvalue weighted by Crippen LogP contribution is -2.22. The summed E-state index contributed by atoms with van der Waals surface area (Å²) < 4.78 is 29.0. The van der Waals surface area contributed by atoms with Crippen LogP contribution in [0.3, 0.4) is 0 Å². The first kappa shape index (κ1) is 12.3. The molecule has 0 amide bonds. The third-order valence-corrected chi connectivity index (χ3v) is 3.18. The van der Waals surface area contributed by atoms with E-state index in [1.54, 1.807) is 12.1 Å². The first-order valence-electron chi connectivity index (χ1n) is 5.87. The maximum absolute atomic E-state index is 12.3. The second-order valence-electron chi connectivity index (χ2n) is 4.62. The Kier molecular flexibility index (Phi) is 3.62. The van der Waals surface area contributed by atoms with Gasteiger partial charge in [-0.15, -0.1) is 0 Å². The minimum absolute atomic E-state index is 0.0277. The van der Waals surface area contributed by atoms with Gasteiger partial charge in [0, 0.05) is 17.6 Å². The van der Waals surface area contributed by atoms with E-state index in [2.05, 4.69) is 17.0 Å². The van der Waals surface area contributed by atoms with Gasteiger partial charge in [-0.3, -0.25) is 0 Å². The van der Waals surface area contributed by atoms with Crippen molar-refractivity contribution in [2.24, 2.45) is 5.92 Å². The monoisotopic (exact) mass is 241 g/mol. The van der Waals surface area contributed by atoms with Gasteiger partial charge in [-0.25, -0.2) is 0 Å². The number of rotatable bonds is 5. The largest absolute Gasteiger partial charge is 0.434 e. The van der Waals surface area contributed by atoms with E-state index < -0.39 is 6.61 Å². The van der Waals surface area contributed by atoms with Gasteiger partial charge >= 0.3 is 6.61 Å². The van der Waals surface area contributed by atoms with Crippen molar-refractivity contribution >= 4 is 0 Å². The van der Waals surface area contributed by atoms with E-state index in [1.807, 2.05) is 19.1 Å². The van der Waals surface area contributed by atoms with Gasteiger partial charge in [0.1, 0.15) is 5.75 Å². The molecule has 0 heterocycles. The normalized spacial score (nSPS) is 24.8. The van der Waals surface area contributed by atoms with E-state index in [9.17, 15) is 8.78 Å². The molecule has 0 spiro atoms. The molecule has 1 saturated carbocycles. The number of halogens is 2. The summed E-state index contributed by atoms with van der Waals surface area (Å²) in [6, 6.07) is 7.47. The van der Waals surface area contributed by atoms with Crippen LogP contribution in [0.5, 0.6) is 5.75 Å². The maximum Gasteiger partial charge on any atom is 0.387 e. The highest BCUT2D eigenvalue weighted by molar-refractivity contribution is 5.35. The Morgan fingerprint density at radius 3 is 2.59 bits per heavy atom. The molecule has 17 heavy (non-hydrogen) atoms. The van der Waals surface area contributed by atoms with Crippen LogP contribution in [0.15, 0.2) is 24.3 Å². The van der Waals surface area contributed by atoms with Crippen molar-refractivity contribution in [1.29, 1.82) is 0 Å². The van der Waals surface area contributed by atoms with Gasteiger partial charge in [-0.1, -0.05) is 25.1 Å². The molecule has 1 fully saturated rings. The standard InChI is InChI=1S/C13H17F2NO/c1-8-7-11(8)16-9(2)10-5-3-4-6-12(10)17-13(14)15/h3-6,8-9,11,13,16H,7H2,1-2H3. The molecule has 94 valence electrons. The van der Waals surface area contributed by atoms with Crippen LogP contribution in [0.1, 0.15) is 31.9 Å². The van der Waals surface area contributed by atoms with Crippen molar-refractivity contribution in [3.8, 4) is 5.75 Å². The molecule has 1 N–H and O–H groups in total. The lowest BCUT2D eigenvalue weighted by molar-refractivity contribution is -0.0506. The van der Waals surface area contributed by atoms with Crippen LogP contribution >= 0.6 is 0 Å². The minimum Gasteiger partial charge on any atom is -0.434 e. The van der Waals surface area contributed by atoms with E-state index in [0.29, 0.717) is 12.0 Å². The fourth-order valence-electron chi connectivity index (χ4n) is 2.01. The molecule has 2 rings (SSSR count). The van der Waals surface area contributed by atoms with E-state index >= 15 is 0 Å². The molecule has 0 saturated heterocycles. The van der Waals surface area contributed by atoms with E-state index in [1.165, 1.54) is 0 Å². The van der Waals surface area contributed by atoms with Gasteiger partial charge in [-0.05, 0) is 25.3 Å². The molecule has 1 aromatic carbocycles. The Morgan fingerprint density at radius 2 is 2.00 bits per heavy atom. The predicted molar refractivity (Wildman–Crippen MR) is 62.2 cm³/mol. The molecule has 1 aliphatic rings. The summed E-state index contributed by atoms with van der Waals surface area (Å²) in [5.74, 6) is 0.941. The summed E-state index contributed by atoms with van der Waals surface area (Å²) in [5.41, 5.74) is 0.784. The molecular formula is C13H17F2NO. The Hall–Kier alpha value is -1.16. The van der Waals surface area contributed by atoms with Crippen LogP contribution in [0.2, 0.25) is 0 Å². The number of para-hydroxylation sites is 1. The van der Waals surface area contributed by atoms with Gasteiger partial charge in [0.25, 0.3) is 0 Å². The Labute approximate surface area is 100.0 Å². The lowest BCUT2D eigenvalue weighted by Gasteiger charge is -2.18. The SMILES string of the molecule is CC(NC1CC1C)c1ccccc1OC(F)F. The van der Waals surface area contributed by atoms with Gasteiger partial charge in [0.2, 0.25) is 0 Å². The van der Waals surface area contributed by atoms with Gasteiger partial charge < -0.3 is 10.1 Å². The fourth-order valence-corrected chi connectivity index (χ4v) is 2.01. The molecule has 1 aromatic rings. The number of hydrogen-bond acceptors (Lipinski definition) is 2. The Balaban J connectivity index is 2.07. The molecule has 0 aliphatic heterocycles. The molecule has 0 aromatic heterocycles. The predicted octanol–water partition coefficient (Wildman–Crippen LogP) is 3.35. The number of benzene rings is 1. The first-order chi connectivity index (χ1) is 8.08. The minimum atomic E-state index is -2.77. The van der Waals surface area contributed by atoms with Crippen molar-refractivity contribution in [1.82, 2.24) is 5.32 Å². The van der Waals surface area contributed by atoms with Crippen molar-refractivity contribution in [3.63, 3.8) is 0 Å². The summed E-state index contributed by atoms with van der Waals surface area (Å²) >= 11 is 0. The summed E-state index contributed by atoms with van der Waals surface area (Å²) in [4.78, 5) is 0.